The van der Waals surface area contributed by atoms with Gasteiger partial charge in [-0.3, -0.25) is 0 Å². The number of rotatable bonds is 1. The second kappa shape index (κ2) is 2.21. The quantitative estimate of drug-likeness (QED) is 0.551. The molecule has 0 aliphatic carbocycles. The van der Waals surface area contributed by atoms with Gasteiger partial charge in [0, 0.05) is 18.9 Å². The summed E-state index contributed by atoms with van der Waals surface area (Å²) in [5.74, 6) is 1.09. The number of aromatic nitrogens is 2. The Balaban J connectivity index is 3.04. The molecule has 0 unspecified atom stereocenters. The zero-order chi connectivity index (χ0) is 6.85. The summed E-state index contributed by atoms with van der Waals surface area (Å²) in [5, 5.41) is 0. The predicted octanol–water partition coefficient (Wildman–Crippen LogP) is 1.29. The molecule has 0 saturated carbocycles. The first-order chi connectivity index (χ1) is 4.25. The summed E-state index contributed by atoms with van der Waals surface area (Å²) in [4.78, 5) is 4.15. The molecule has 2 nitrogen and oxygen atoms in total. The zero-order valence-electron chi connectivity index (χ0n) is 6.18. The SMILES string of the molecule is CCc1cnc(C)n1C. The molecule has 0 aliphatic rings. The van der Waals surface area contributed by atoms with Crippen molar-refractivity contribution in [3.8, 4) is 0 Å². The predicted molar refractivity (Wildman–Crippen MR) is 37.3 cm³/mol. The molecule has 50 valence electrons. The molecule has 0 spiro atoms. The van der Waals surface area contributed by atoms with Gasteiger partial charge in [0.15, 0.2) is 0 Å². The van der Waals surface area contributed by atoms with Crippen molar-refractivity contribution in [3.63, 3.8) is 0 Å². The van der Waals surface area contributed by atoms with E-state index in [4.69, 9.17) is 0 Å². The van der Waals surface area contributed by atoms with Gasteiger partial charge in [-0.1, -0.05) is 6.92 Å². The molecule has 0 radical (unpaired) electrons. The second-order valence-corrected chi connectivity index (χ2v) is 2.21. The maximum atomic E-state index is 4.15. The molecule has 0 N–H and O–H groups in total. The molecule has 1 aromatic heterocycles. The van der Waals surface area contributed by atoms with E-state index >= 15 is 0 Å². The number of aryl methyl sites for hydroxylation is 2. The Labute approximate surface area is 55.5 Å². The first-order valence-corrected chi connectivity index (χ1v) is 3.23. The second-order valence-electron chi connectivity index (χ2n) is 2.21. The summed E-state index contributed by atoms with van der Waals surface area (Å²) in [6.45, 7) is 4.15. The Bertz CT molecular complexity index is 201. The van der Waals surface area contributed by atoms with Crippen LogP contribution in [0.5, 0.6) is 0 Å². The van der Waals surface area contributed by atoms with E-state index in [0.717, 1.165) is 12.2 Å². The maximum absolute atomic E-state index is 4.15. The highest BCUT2D eigenvalue weighted by atomic mass is 15.0. The number of hydrogen-bond acceptors (Lipinski definition) is 1. The van der Waals surface area contributed by atoms with Crippen molar-refractivity contribution in [2.24, 2.45) is 7.05 Å². The van der Waals surface area contributed by atoms with Crippen LogP contribution in [0.4, 0.5) is 0 Å². The summed E-state index contributed by atoms with van der Waals surface area (Å²) in [5.41, 5.74) is 1.30. The summed E-state index contributed by atoms with van der Waals surface area (Å²) in [6, 6.07) is 0. The van der Waals surface area contributed by atoms with E-state index < -0.39 is 0 Å². The highest BCUT2D eigenvalue weighted by Gasteiger charge is 1.96. The fourth-order valence-corrected chi connectivity index (χ4v) is 0.877. The van der Waals surface area contributed by atoms with E-state index in [2.05, 4.69) is 16.5 Å². The molecule has 0 atom stereocenters. The Kier molecular flexibility index (Phi) is 1.56. The summed E-state index contributed by atoms with van der Waals surface area (Å²) in [6.07, 6.45) is 2.99. The molecule has 2 heteroatoms. The van der Waals surface area contributed by atoms with Crippen LogP contribution in [0.15, 0.2) is 6.20 Å². The minimum atomic E-state index is 1.07. The van der Waals surface area contributed by atoms with Crippen molar-refractivity contribution < 1.29 is 0 Å². The molecular weight excluding hydrogens is 112 g/mol. The van der Waals surface area contributed by atoms with Gasteiger partial charge >= 0.3 is 0 Å². The number of hydrogen-bond donors (Lipinski definition) is 0. The number of nitrogens with zero attached hydrogens (tertiary/aromatic N) is 2. The lowest BCUT2D eigenvalue weighted by Gasteiger charge is -1.97. The van der Waals surface area contributed by atoms with E-state index in [-0.39, 0.29) is 0 Å². The molecule has 0 aliphatic heterocycles. The molecule has 0 saturated heterocycles. The summed E-state index contributed by atoms with van der Waals surface area (Å²) < 4.78 is 2.11. The normalized spacial score (nSPS) is 10.1. The Morgan fingerprint density at radius 2 is 2.33 bits per heavy atom. The van der Waals surface area contributed by atoms with Gasteiger partial charge in [0.2, 0.25) is 0 Å². The van der Waals surface area contributed by atoms with Crippen molar-refractivity contribution in [1.29, 1.82) is 0 Å². The Morgan fingerprint density at radius 3 is 2.56 bits per heavy atom. The third-order valence-electron chi connectivity index (χ3n) is 1.68. The van der Waals surface area contributed by atoms with Crippen molar-refractivity contribution >= 4 is 0 Å². The number of imidazole rings is 1. The van der Waals surface area contributed by atoms with Crippen LogP contribution in [0, 0.1) is 6.92 Å². The van der Waals surface area contributed by atoms with Gasteiger partial charge in [-0.25, -0.2) is 4.98 Å². The third-order valence-corrected chi connectivity index (χ3v) is 1.68. The average Bonchev–Trinajstić information content (AvgIpc) is 2.15. The van der Waals surface area contributed by atoms with Gasteiger partial charge in [-0.2, -0.15) is 0 Å². The van der Waals surface area contributed by atoms with Crippen LogP contribution < -0.4 is 0 Å². The van der Waals surface area contributed by atoms with Gasteiger partial charge in [-0.15, -0.1) is 0 Å². The molecule has 1 aromatic rings. The first-order valence-electron chi connectivity index (χ1n) is 3.23. The standard InChI is InChI=1S/C7H12N2/c1-4-7-5-8-6(2)9(7)3/h5H,4H2,1-3H3. The lowest BCUT2D eigenvalue weighted by molar-refractivity contribution is 0.797. The van der Waals surface area contributed by atoms with Crippen molar-refractivity contribution in [2.75, 3.05) is 0 Å². The van der Waals surface area contributed by atoms with E-state index in [0.29, 0.717) is 0 Å². The third kappa shape index (κ3) is 0.969. The molecule has 0 fully saturated rings. The van der Waals surface area contributed by atoms with E-state index in [9.17, 15) is 0 Å². The van der Waals surface area contributed by atoms with Crippen LogP contribution >= 0.6 is 0 Å². The fourth-order valence-electron chi connectivity index (χ4n) is 0.877. The smallest absolute Gasteiger partial charge is 0.105 e. The minimum Gasteiger partial charge on any atom is -0.335 e. The molecular formula is C7H12N2. The van der Waals surface area contributed by atoms with Gasteiger partial charge in [0.25, 0.3) is 0 Å². The van der Waals surface area contributed by atoms with E-state index in [1.807, 2.05) is 20.2 Å². The molecule has 1 rings (SSSR count). The minimum absolute atomic E-state index is 1.07. The summed E-state index contributed by atoms with van der Waals surface area (Å²) in [7, 11) is 2.04. The zero-order valence-corrected chi connectivity index (χ0v) is 6.18. The van der Waals surface area contributed by atoms with Crippen LogP contribution in [0.2, 0.25) is 0 Å². The van der Waals surface area contributed by atoms with Gasteiger partial charge in [0.05, 0.1) is 0 Å². The molecule has 9 heavy (non-hydrogen) atoms. The largest absolute Gasteiger partial charge is 0.335 e. The molecule has 0 aromatic carbocycles. The van der Waals surface area contributed by atoms with Crippen LogP contribution in [-0.4, -0.2) is 9.55 Å². The van der Waals surface area contributed by atoms with Gasteiger partial charge in [-0.05, 0) is 13.3 Å². The average molecular weight is 124 g/mol. The van der Waals surface area contributed by atoms with Crippen molar-refractivity contribution in [3.05, 3.63) is 17.7 Å². The highest BCUT2D eigenvalue weighted by molar-refractivity contribution is 5.02. The Hall–Kier alpha value is -0.790. The van der Waals surface area contributed by atoms with Crippen molar-refractivity contribution in [2.45, 2.75) is 20.3 Å². The fraction of sp³-hybridized carbons (Fsp3) is 0.571. The lowest BCUT2D eigenvalue weighted by atomic mass is 10.4. The molecule has 1 heterocycles. The first kappa shape index (κ1) is 6.33. The monoisotopic (exact) mass is 124 g/mol. The topological polar surface area (TPSA) is 17.8 Å². The van der Waals surface area contributed by atoms with Crippen molar-refractivity contribution in [1.82, 2.24) is 9.55 Å². The molecule has 0 amide bonds. The van der Waals surface area contributed by atoms with Gasteiger partial charge in [0.1, 0.15) is 5.82 Å². The highest BCUT2D eigenvalue weighted by Crippen LogP contribution is 2.00. The van der Waals surface area contributed by atoms with Crippen LogP contribution in [0.1, 0.15) is 18.4 Å². The van der Waals surface area contributed by atoms with Crippen LogP contribution in [0.3, 0.4) is 0 Å². The molecule has 0 bridgehead atoms. The van der Waals surface area contributed by atoms with Crippen LogP contribution in [-0.2, 0) is 13.5 Å². The Morgan fingerprint density at radius 1 is 1.67 bits per heavy atom. The van der Waals surface area contributed by atoms with E-state index in [1.165, 1.54) is 5.69 Å². The van der Waals surface area contributed by atoms with E-state index in [1.54, 1.807) is 0 Å². The van der Waals surface area contributed by atoms with Crippen LogP contribution in [0.25, 0.3) is 0 Å². The lowest BCUT2D eigenvalue weighted by Crippen LogP contribution is -1.95. The van der Waals surface area contributed by atoms with Gasteiger partial charge < -0.3 is 4.57 Å². The maximum Gasteiger partial charge on any atom is 0.105 e. The summed E-state index contributed by atoms with van der Waals surface area (Å²) >= 11 is 0.